The Labute approximate surface area is 496 Å². The lowest BCUT2D eigenvalue weighted by molar-refractivity contribution is -0.167. The Hall–Kier alpha value is -3.67. The van der Waals surface area contributed by atoms with Crippen LogP contribution >= 0.6 is 0 Å². The summed E-state index contributed by atoms with van der Waals surface area (Å²) in [6, 6.07) is 0. The van der Waals surface area contributed by atoms with Crippen molar-refractivity contribution in [2.45, 2.75) is 341 Å². The van der Waals surface area contributed by atoms with Gasteiger partial charge in [0.15, 0.2) is 6.10 Å². The van der Waals surface area contributed by atoms with E-state index in [-0.39, 0.29) is 37.5 Å². The van der Waals surface area contributed by atoms with Gasteiger partial charge in [0.25, 0.3) is 0 Å². The van der Waals surface area contributed by atoms with Crippen LogP contribution in [-0.2, 0) is 28.6 Å². The molecule has 0 aromatic heterocycles. The van der Waals surface area contributed by atoms with E-state index in [4.69, 9.17) is 14.2 Å². The average molecular weight is 1110 g/mol. The fourth-order valence-corrected chi connectivity index (χ4v) is 9.68. The molecule has 1 atom stereocenters. The van der Waals surface area contributed by atoms with Crippen molar-refractivity contribution in [1.29, 1.82) is 0 Å². The zero-order valence-corrected chi connectivity index (χ0v) is 52.8. The topological polar surface area (TPSA) is 78.9 Å². The molecule has 0 saturated carbocycles. The maximum Gasteiger partial charge on any atom is 0.306 e. The van der Waals surface area contributed by atoms with Gasteiger partial charge >= 0.3 is 17.9 Å². The van der Waals surface area contributed by atoms with Gasteiger partial charge in [0.2, 0.25) is 0 Å². The monoisotopic (exact) mass is 1110 g/mol. The van der Waals surface area contributed by atoms with Crippen LogP contribution in [0.25, 0.3) is 0 Å². The predicted octanol–water partition coefficient (Wildman–Crippen LogP) is 23.6. The minimum absolute atomic E-state index is 0.100. The van der Waals surface area contributed by atoms with E-state index in [0.717, 1.165) is 96.3 Å². The number of ether oxygens (including phenoxy) is 3. The standard InChI is InChI=1S/C74H128O6/c1-4-7-10-13-16-19-22-25-27-29-30-31-32-33-34-35-36-37-38-39-40-41-42-43-44-46-47-49-52-55-58-61-64-67-73(76)79-70-71(69-78-72(75)66-63-60-57-54-51-24-21-18-15-12-9-6-3)80-74(77)68-65-62-59-56-53-50-48-45-28-26-23-20-17-14-11-8-5-2/h8,11,17-18,20-22,25-26,28-30,48,50,56,59,71H,4-7,9-10,12-16,19,23-24,27,31-47,49,51-55,57-58,60-70H2,1-3H3/b11-8-,20-17-,21-18-,25-22-,28-26-,30-29-,50-48-,59-56-. The summed E-state index contributed by atoms with van der Waals surface area (Å²) < 4.78 is 16.9. The Morgan fingerprint density at radius 2 is 0.500 bits per heavy atom. The molecule has 6 heteroatoms. The molecule has 0 aliphatic carbocycles. The number of rotatable bonds is 62. The predicted molar refractivity (Wildman–Crippen MR) is 348 cm³/mol. The van der Waals surface area contributed by atoms with Crippen molar-refractivity contribution in [3.63, 3.8) is 0 Å². The van der Waals surface area contributed by atoms with Gasteiger partial charge in [0, 0.05) is 19.3 Å². The summed E-state index contributed by atoms with van der Waals surface area (Å²) >= 11 is 0. The van der Waals surface area contributed by atoms with Gasteiger partial charge in [-0.2, -0.15) is 0 Å². The molecule has 0 radical (unpaired) electrons. The molecule has 80 heavy (non-hydrogen) atoms. The lowest BCUT2D eigenvalue weighted by Gasteiger charge is -2.18. The summed E-state index contributed by atoms with van der Waals surface area (Å²) in [5, 5.41) is 0. The lowest BCUT2D eigenvalue weighted by Crippen LogP contribution is -2.30. The molecule has 0 heterocycles. The highest BCUT2D eigenvalue weighted by atomic mass is 16.6. The molecule has 1 unspecified atom stereocenters. The molecule has 0 fully saturated rings. The van der Waals surface area contributed by atoms with Crippen LogP contribution in [0.3, 0.4) is 0 Å². The van der Waals surface area contributed by atoms with Gasteiger partial charge < -0.3 is 14.2 Å². The van der Waals surface area contributed by atoms with Crippen LogP contribution in [0.15, 0.2) is 97.2 Å². The summed E-state index contributed by atoms with van der Waals surface area (Å²) in [6.45, 7) is 6.46. The summed E-state index contributed by atoms with van der Waals surface area (Å²) in [5.74, 6) is -0.958. The van der Waals surface area contributed by atoms with Gasteiger partial charge in [-0.25, -0.2) is 0 Å². The van der Waals surface area contributed by atoms with E-state index < -0.39 is 6.10 Å². The quantitative estimate of drug-likeness (QED) is 0.0261. The molecular weight excluding hydrogens is 985 g/mol. The maximum absolute atomic E-state index is 12.9. The van der Waals surface area contributed by atoms with Crippen LogP contribution in [0.5, 0.6) is 0 Å². The van der Waals surface area contributed by atoms with Crippen molar-refractivity contribution in [2.75, 3.05) is 13.2 Å². The third kappa shape index (κ3) is 65.1. The summed E-state index contributed by atoms with van der Waals surface area (Å²) in [6.07, 6.45) is 91.7. The lowest BCUT2D eigenvalue weighted by atomic mass is 10.0. The smallest absolute Gasteiger partial charge is 0.306 e. The zero-order chi connectivity index (χ0) is 57.8. The van der Waals surface area contributed by atoms with Crippen LogP contribution in [0.2, 0.25) is 0 Å². The van der Waals surface area contributed by atoms with Gasteiger partial charge in [-0.15, -0.1) is 0 Å². The van der Waals surface area contributed by atoms with Gasteiger partial charge in [-0.05, 0) is 116 Å². The van der Waals surface area contributed by atoms with Gasteiger partial charge in [0.1, 0.15) is 13.2 Å². The molecule has 0 aliphatic heterocycles. The number of hydrogen-bond acceptors (Lipinski definition) is 6. The minimum Gasteiger partial charge on any atom is -0.462 e. The summed E-state index contributed by atoms with van der Waals surface area (Å²) in [7, 11) is 0. The second kappa shape index (κ2) is 67.8. The fraction of sp³-hybridized carbons (Fsp3) is 0.743. The van der Waals surface area contributed by atoms with Gasteiger partial charge in [0.05, 0.1) is 0 Å². The Morgan fingerprint density at radius 3 is 0.838 bits per heavy atom. The first-order chi connectivity index (χ1) is 39.5. The van der Waals surface area contributed by atoms with Crippen molar-refractivity contribution < 1.29 is 28.6 Å². The molecule has 0 amide bonds. The molecular formula is C74H128O6. The van der Waals surface area contributed by atoms with Crippen molar-refractivity contribution >= 4 is 17.9 Å². The van der Waals surface area contributed by atoms with Crippen molar-refractivity contribution in [2.24, 2.45) is 0 Å². The van der Waals surface area contributed by atoms with Crippen LogP contribution in [0, 0.1) is 0 Å². The van der Waals surface area contributed by atoms with Crippen molar-refractivity contribution in [3.05, 3.63) is 97.2 Å². The van der Waals surface area contributed by atoms with Crippen LogP contribution < -0.4 is 0 Å². The first kappa shape index (κ1) is 76.3. The zero-order valence-electron chi connectivity index (χ0n) is 52.8. The van der Waals surface area contributed by atoms with E-state index in [1.54, 1.807) is 0 Å². The number of unbranched alkanes of at least 4 members (excludes halogenated alkanes) is 35. The van der Waals surface area contributed by atoms with E-state index in [1.807, 2.05) is 0 Å². The molecule has 460 valence electrons. The Kier molecular flexibility index (Phi) is 64.7. The maximum atomic E-state index is 12.9. The van der Waals surface area contributed by atoms with Gasteiger partial charge in [-0.3, -0.25) is 14.4 Å². The van der Waals surface area contributed by atoms with Crippen molar-refractivity contribution in [3.8, 4) is 0 Å². The highest BCUT2D eigenvalue weighted by Crippen LogP contribution is 2.17. The van der Waals surface area contributed by atoms with E-state index in [1.165, 1.54) is 193 Å². The first-order valence-electron chi connectivity index (χ1n) is 34.2. The molecule has 6 nitrogen and oxygen atoms in total. The molecule has 0 aromatic rings. The number of carbonyl (C=O) groups excluding carboxylic acids is 3. The van der Waals surface area contributed by atoms with Crippen LogP contribution in [-0.4, -0.2) is 37.2 Å². The highest BCUT2D eigenvalue weighted by Gasteiger charge is 2.19. The molecule has 0 aliphatic rings. The highest BCUT2D eigenvalue weighted by molar-refractivity contribution is 5.71. The molecule has 0 N–H and O–H groups in total. The third-order valence-electron chi connectivity index (χ3n) is 14.8. The third-order valence-corrected chi connectivity index (χ3v) is 14.8. The molecule has 0 bridgehead atoms. The Morgan fingerprint density at radius 1 is 0.263 bits per heavy atom. The number of esters is 3. The van der Waals surface area contributed by atoms with Crippen LogP contribution in [0.4, 0.5) is 0 Å². The Balaban J connectivity index is 4.17. The van der Waals surface area contributed by atoms with Crippen LogP contribution in [0.1, 0.15) is 335 Å². The second-order valence-corrected chi connectivity index (χ2v) is 22.7. The van der Waals surface area contributed by atoms with Gasteiger partial charge in [-0.1, -0.05) is 298 Å². The molecule has 0 saturated heterocycles. The average Bonchev–Trinajstić information content (AvgIpc) is 3.46. The largest absolute Gasteiger partial charge is 0.462 e. The minimum atomic E-state index is -0.810. The number of allylic oxidation sites excluding steroid dienone is 16. The molecule has 0 rings (SSSR count). The fourth-order valence-electron chi connectivity index (χ4n) is 9.68. The normalized spacial score (nSPS) is 12.7. The van der Waals surface area contributed by atoms with Crippen molar-refractivity contribution in [1.82, 2.24) is 0 Å². The second-order valence-electron chi connectivity index (χ2n) is 22.7. The number of carbonyl (C=O) groups is 3. The number of hydrogen-bond donors (Lipinski definition) is 0. The molecule has 0 aromatic carbocycles. The van der Waals surface area contributed by atoms with E-state index in [2.05, 4.69) is 118 Å². The van der Waals surface area contributed by atoms with E-state index >= 15 is 0 Å². The SMILES string of the molecule is CC/C=C\C/C=C\C/C=C\C/C=C\C/C=C\CCCC(=O)OC(COC(=O)CCCCCCC/C=C\CCCCC)COC(=O)CCCCCCCCCCCCCCCCCCCCCCC/C=C\C/C=C\CCCCCCC. The van der Waals surface area contributed by atoms with E-state index in [0.29, 0.717) is 19.3 Å². The summed E-state index contributed by atoms with van der Waals surface area (Å²) in [4.78, 5) is 38.3. The molecule has 0 spiro atoms. The summed E-state index contributed by atoms with van der Waals surface area (Å²) in [5.41, 5.74) is 0. The van der Waals surface area contributed by atoms with E-state index in [9.17, 15) is 14.4 Å². The Bertz CT molecular complexity index is 1560. The first-order valence-corrected chi connectivity index (χ1v) is 34.2.